The minimum Gasteiger partial charge on any atom is -0.321 e. The van der Waals surface area contributed by atoms with Crippen LogP contribution in [0.4, 0.5) is 5.69 Å². The molecule has 0 radical (unpaired) electrons. The molecule has 0 aliphatic carbocycles. The van der Waals surface area contributed by atoms with Crippen molar-refractivity contribution < 1.29 is 4.79 Å². The normalized spacial score (nSPS) is 10.3. The van der Waals surface area contributed by atoms with Crippen molar-refractivity contribution in [1.29, 1.82) is 0 Å². The number of amides is 1. The molecule has 1 amide bonds. The molecule has 2 aromatic rings. The van der Waals surface area contributed by atoms with Crippen LogP contribution < -0.4 is 5.32 Å². The lowest BCUT2D eigenvalue weighted by atomic mass is 10.1. The standard InChI is InChI=1S/C14H10Br2ClNO/c15-11-4-5-13(12(16)7-11)18-14(19)10-3-1-2-9(6-10)8-17/h1-7H,8H2,(H,18,19). The first-order valence-corrected chi connectivity index (χ1v) is 7.63. The Morgan fingerprint density at radius 2 is 1.95 bits per heavy atom. The van der Waals surface area contributed by atoms with E-state index in [0.717, 1.165) is 20.2 Å². The van der Waals surface area contributed by atoms with Crippen LogP contribution >= 0.6 is 43.5 Å². The van der Waals surface area contributed by atoms with Gasteiger partial charge in [0.05, 0.1) is 5.69 Å². The molecule has 2 rings (SSSR count). The Kier molecular flexibility index (Phi) is 5.02. The molecule has 0 aliphatic heterocycles. The third kappa shape index (κ3) is 3.81. The Morgan fingerprint density at radius 1 is 1.16 bits per heavy atom. The van der Waals surface area contributed by atoms with E-state index in [-0.39, 0.29) is 5.91 Å². The van der Waals surface area contributed by atoms with Crippen molar-refractivity contribution in [2.24, 2.45) is 0 Å². The molecule has 0 aliphatic rings. The second kappa shape index (κ2) is 6.55. The average Bonchev–Trinajstić information content (AvgIpc) is 2.42. The van der Waals surface area contributed by atoms with E-state index in [4.69, 9.17) is 11.6 Å². The molecule has 0 heterocycles. The van der Waals surface area contributed by atoms with Crippen molar-refractivity contribution in [3.8, 4) is 0 Å². The molecule has 0 unspecified atom stereocenters. The number of rotatable bonds is 3. The molecular formula is C14H10Br2ClNO. The highest BCUT2D eigenvalue weighted by molar-refractivity contribution is 9.11. The van der Waals surface area contributed by atoms with Gasteiger partial charge in [-0.05, 0) is 51.8 Å². The number of hydrogen-bond acceptors (Lipinski definition) is 1. The molecule has 0 aromatic heterocycles. The SMILES string of the molecule is O=C(Nc1ccc(Br)cc1Br)c1cccc(CCl)c1. The summed E-state index contributed by atoms with van der Waals surface area (Å²) < 4.78 is 1.77. The summed E-state index contributed by atoms with van der Waals surface area (Å²) in [5.74, 6) is 0.235. The summed E-state index contributed by atoms with van der Waals surface area (Å²) in [7, 11) is 0. The second-order valence-corrected chi connectivity index (χ2v) is 5.95. The second-order valence-electron chi connectivity index (χ2n) is 3.91. The van der Waals surface area contributed by atoms with Gasteiger partial charge in [0.2, 0.25) is 0 Å². The lowest BCUT2D eigenvalue weighted by molar-refractivity contribution is 0.102. The van der Waals surface area contributed by atoms with Gasteiger partial charge in [-0.15, -0.1) is 11.6 Å². The predicted molar refractivity (Wildman–Crippen MR) is 85.8 cm³/mol. The number of carbonyl (C=O) groups is 1. The van der Waals surface area contributed by atoms with Crippen LogP contribution in [0.5, 0.6) is 0 Å². The maximum absolute atomic E-state index is 12.1. The van der Waals surface area contributed by atoms with Crippen molar-refractivity contribution in [1.82, 2.24) is 0 Å². The van der Waals surface area contributed by atoms with Crippen molar-refractivity contribution in [3.63, 3.8) is 0 Å². The van der Waals surface area contributed by atoms with Gasteiger partial charge in [-0.1, -0.05) is 28.1 Å². The van der Waals surface area contributed by atoms with E-state index in [1.807, 2.05) is 30.3 Å². The molecule has 19 heavy (non-hydrogen) atoms. The van der Waals surface area contributed by atoms with Gasteiger partial charge in [0.15, 0.2) is 0 Å². The summed E-state index contributed by atoms with van der Waals surface area (Å²) in [5, 5.41) is 2.86. The Hall–Kier alpha value is -0.840. The molecule has 0 saturated carbocycles. The monoisotopic (exact) mass is 401 g/mol. The van der Waals surface area contributed by atoms with Crippen LogP contribution in [-0.4, -0.2) is 5.91 Å². The number of benzene rings is 2. The lowest BCUT2D eigenvalue weighted by Crippen LogP contribution is -2.12. The molecular weight excluding hydrogens is 393 g/mol. The molecule has 98 valence electrons. The van der Waals surface area contributed by atoms with E-state index in [2.05, 4.69) is 37.2 Å². The minimum absolute atomic E-state index is 0.157. The smallest absolute Gasteiger partial charge is 0.255 e. The molecule has 0 fully saturated rings. The van der Waals surface area contributed by atoms with Gasteiger partial charge in [-0.25, -0.2) is 0 Å². The highest BCUT2D eigenvalue weighted by Gasteiger charge is 2.09. The van der Waals surface area contributed by atoms with Crippen molar-refractivity contribution in [2.45, 2.75) is 5.88 Å². The first-order valence-electron chi connectivity index (χ1n) is 5.51. The van der Waals surface area contributed by atoms with Crippen molar-refractivity contribution >= 4 is 55.1 Å². The van der Waals surface area contributed by atoms with E-state index in [9.17, 15) is 4.79 Å². The minimum atomic E-state index is -0.157. The van der Waals surface area contributed by atoms with Crippen LogP contribution in [0.15, 0.2) is 51.4 Å². The number of anilines is 1. The van der Waals surface area contributed by atoms with E-state index < -0.39 is 0 Å². The number of carbonyl (C=O) groups excluding carboxylic acids is 1. The Balaban J connectivity index is 2.20. The molecule has 1 N–H and O–H groups in total. The van der Waals surface area contributed by atoms with Gasteiger partial charge in [-0.2, -0.15) is 0 Å². The zero-order valence-electron chi connectivity index (χ0n) is 9.79. The summed E-state index contributed by atoms with van der Waals surface area (Å²) in [5.41, 5.74) is 2.24. The zero-order valence-corrected chi connectivity index (χ0v) is 13.7. The molecule has 2 aromatic carbocycles. The summed E-state index contributed by atoms with van der Waals surface area (Å²) in [6.07, 6.45) is 0. The van der Waals surface area contributed by atoms with Crippen LogP contribution in [0.1, 0.15) is 15.9 Å². The van der Waals surface area contributed by atoms with Crippen LogP contribution in [0.3, 0.4) is 0 Å². The summed E-state index contributed by atoms with van der Waals surface area (Å²) in [6.45, 7) is 0. The maximum atomic E-state index is 12.1. The van der Waals surface area contributed by atoms with E-state index >= 15 is 0 Å². The lowest BCUT2D eigenvalue weighted by Gasteiger charge is -2.08. The van der Waals surface area contributed by atoms with Crippen LogP contribution in [0, 0.1) is 0 Å². The van der Waals surface area contributed by atoms with Gasteiger partial charge in [0.1, 0.15) is 0 Å². The zero-order chi connectivity index (χ0) is 13.8. The highest BCUT2D eigenvalue weighted by atomic mass is 79.9. The van der Waals surface area contributed by atoms with Gasteiger partial charge < -0.3 is 5.32 Å². The number of nitrogens with one attached hydrogen (secondary N) is 1. The summed E-state index contributed by atoms with van der Waals surface area (Å²) in [6, 6.07) is 12.8. The van der Waals surface area contributed by atoms with Crippen LogP contribution in [0.25, 0.3) is 0 Å². The van der Waals surface area contributed by atoms with E-state index in [0.29, 0.717) is 11.4 Å². The molecule has 0 bridgehead atoms. The number of hydrogen-bond donors (Lipinski definition) is 1. The fraction of sp³-hybridized carbons (Fsp3) is 0.0714. The van der Waals surface area contributed by atoms with Crippen molar-refractivity contribution in [2.75, 3.05) is 5.32 Å². The quantitative estimate of drug-likeness (QED) is 0.701. The molecule has 2 nitrogen and oxygen atoms in total. The third-order valence-electron chi connectivity index (χ3n) is 2.52. The third-order valence-corrected chi connectivity index (χ3v) is 3.98. The van der Waals surface area contributed by atoms with Crippen LogP contribution in [0.2, 0.25) is 0 Å². The van der Waals surface area contributed by atoms with Crippen LogP contribution in [-0.2, 0) is 5.88 Å². The van der Waals surface area contributed by atoms with E-state index in [1.165, 1.54) is 0 Å². The average molecular weight is 404 g/mol. The first kappa shape index (κ1) is 14.6. The number of alkyl halides is 1. The topological polar surface area (TPSA) is 29.1 Å². The molecule has 0 saturated heterocycles. The predicted octanol–water partition coefficient (Wildman–Crippen LogP) is 5.20. The molecule has 5 heteroatoms. The fourth-order valence-corrected chi connectivity index (χ4v) is 2.89. The van der Waals surface area contributed by atoms with Gasteiger partial charge in [0.25, 0.3) is 5.91 Å². The molecule has 0 atom stereocenters. The summed E-state index contributed by atoms with van der Waals surface area (Å²) >= 11 is 12.5. The molecule has 0 spiro atoms. The summed E-state index contributed by atoms with van der Waals surface area (Å²) in [4.78, 5) is 12.1. The van der Waals surface area contributed by atoms with Gasteiger partial charge >= 0.3 is 0 Å². The van der Waals surface area contributed by atoms with E-state index in [1.54, 1.807) is 12.1 Å². The van der Waals surface area contributed by atoms with Crippen molar-refractivity contribution in [3.05, 3.63) is 62.5 Å². The first-order chi connectivity index (χ1) is 9.10. The maximum Gasteiger partial charge on any atom is 0.255 e. The number of halogens is 3. The fourth-order valence-electron chi connectivity index (χ4n) is 1.58. The Labute approximate surface area is 133 Å². The van der Waals surface area contributed by atoms with Gasteiger partial charge in [-0.3, -0.25) is 4.79 Å². The Bertz CT molecular complexity index is 616. The van der Waals surface area contributed by atoms with Gasteiger partial charge in [0, 0.05) is 20.4 Å². The largest absolute Gasteiger partial charge is 0.321 e. The Morgan fingerprint density at radius 3 is 2.63 bits per heavy atom. The highest BCUT2D eigenvalue weighted by Crippen LogP contribution is 2.26.